The van der Waals surface area contributed by atoms with Gasteiger partial charge in [0.2, 0.25) is 0 Å². The van der Waals surface area contributed by atoms with Crippen LogP contribution in [0.2, 0.25) is 0 Å². The van der Waals surface area contributed by atoms with E-state index in [0.717, 1.165) is 10.4 Å². The van der Waals surface area contributed by atoms with E-state index in [1.54, 1.807) is 6.92 Å². The lowest BCUT2D eigenvalue weighted by molar-refractivity contribution is 0.0955. The summed E-state index contributed by atoms with van der Waals surface area (Å²) in [5.74, 6) is -0.196. The average molecular weight is 255 g/mol. The Kier molecular flexibility index (Phi) is 4.51. The third-order valence-corrected chi connectivity index (χ3v) is 3.73. The number of rotatable bonds is 4. The molecule has 94 valence electrons. The monoisotopic (exact) mass is 255 g/mol. The highest BCUT2D eigenvalue weighted by Gasteiger charge is 2.13. The quantitative estimate of drug-likeness (QED) is 0.329. The Labute approximate surface area is 104 Å². The van der Waals surface area contributed by atoms with Gasteiger partial charge in [-0.1, -0.05) is 12.1 Å². The standard InChI is InChI=1S/C11H17N3O2S/c1-6-4-9(17-8(6)3)11(15)13-5-7(2)10(12)14-16/h4,7,16H,5H2,1-3H3,(H2,12,14)(H,13,15). The fourth-order valence-electron chi connectivity index (χ4n) is 1.22. The first-order valence-corrected chi connectivity index (χ1v) is 6.10. The van der Waals surface area contributed by atoms with E-state index in [0.29, 0.717) is 11.4 Å². The molecule has 0 saturated heterocycles. The van der Waals surface area contributed by atoms with Crippen molar-refractivity contribution in [2.75, 3.05) is 6.54 Å². The minimum atomic E-state index is -0.189. The van der Waals surface area contributed by atoms with Crippen LogP contribution in [-0.2, 0) is 0 Å². The molecule has 0 aliphatic carbocycles. The molecule has 1 atom stereocenters. The number of nitrogens with one attached hydrogen (secondary N) is 1. The zero-order chi connectivity index (χ0) is 13.0. The second-order valence-corrected chi connectivity index (χ2v) is 5.24. The first kappa shape index (κ1) is 13.5. The fourth-order valence-corrected chi connectivity index (χ4v) is 2.17. The van der Waals surface area contributed by atoms with Gasteiger partial charge in [0.1, 0.15) is 5.84 Å². The number of carbonyl (C=O) groups excluding carboxylic acids is 1. The molecule has 6 heteroatoms. The molecule has 0 saturated carbocycles. The van der Waals surface area contributed by atoms with Crippen LogP contribution >= 0.6 is 11.3 Å². The molecule has 0 radical (unpaired) electrons. The average Bonchev–Trinajstić information content (AvgIpc) is 2.65. The Morgan fingerprint density at radius 2 is 2.29 bits per heavy atom. The Hall–Kier alpha value is -1.56. The summed E-state index contributed by atoms with van der Waals surface area (Å²) < 4.78 is 0. The molecule has 0 bridgehead atoms. The van der Waals surface area contributed by atoms with Gasteiger partial charge in [-0.2, -0.15) is 0 Å². The molecule has 1 heterocycles. The number of amidine groups is 1. The number of hydrogen-bond donors (Lipinski definition) is 3. The van der Waals surface area contributed by atoms with Crippen molar-refractivity contribution in [3.63, 3.8) is 0 Å². The summed E-state index contributed by atoms with van der Waals surface area (Å²) in [7, 11) is 0. The van der Waals surface area contributed by atoms with E-state index in [4.69, 9.17) is 10.9 Å². The normalized spacial score (nSPS) is 13.5. The van der Waals surface area contributed by atoms with Gasteiger partial charge in [0.05, 0.1) is 4.88 Å². The number of hydrogen-bond acceptors (Lipinski definition) is 4. The molecule has 1 rings (SSSR count). The molecule has 5 nitrogen and oxygen atoms in total. The molecule has 1 unspecified atom stereocenters. The van der Waals surface area contributed by atoms with Gasteiger partial charge in [-0.3, -0.25) is 4.79 Å². The molecule has 1 amide bonds. The molecule has 1 aromatic heterocycles. The van der Waals surface area contributed by atoms with Crippen LogP contribution in [0.25, 0.3) is 0 Å². The number of amides is 1. The van der Waals surface area contributed by atoms with E-state index in [1.165, 1.54) is 11.3 Å². The van der Waals surface area contributed by atoms with Crippen molar-refractivity contribution in [3.8, 4) is 0 Å². The van der Waals surface area contributed by atoms with Gasteiger partial charge in [0, 0.05) is 17.3 Å². The number of thiophene rings is 1. The Bertz CT molecular complexity index is 420. The topological polar surface area (TPSA) is 87.7 Å². The zero-order valence-corrected chi connectivity index (χ0v) is 11.0. The lowest BCUT2D eigenvalue weighted by atomic mass is 10.1. The maximum atomic E-state index is 11.8. The molecule has 0 aliphatic rings. The summed E-state index contributed by atoms with van der Waals surface area (Å²) >= 11 is 1.47. The summed E-state index contributed by atoms with van der Waals surface area (Å²) in [4.78, 5) is 13.6. The summed E-state index contributed by atoms with van der Waals surface area (Å²) in [5.41, 5.74) is 6.54. The van der Waals surface area contributed by atoms with Crippen LogP contribution in [0.3, 0.4) is 0 Å². The van der Waals surface area contributed by atoms with Crippen molar-refractivity contribution in [1.82, 2.24) is 5.32 Å². The van der Waals surface area contributed by atoms with E-state index in [2.05, 4.69) is 10.5 Å². The van der Waals surface area contributed by atoms with Crippen molar-refractivity contribution < 1.29 is 10.0 Å². The maximum Gasteiger partial charge on any atom is 0.261 e. The summed E-state index contributed by atoms with van der Waals surface area (Å²) in [6.45, 7) is 6.09. The van der Waals surface area contributed by atoms with Gasteiger partial charge < -0.3 is 16.3 Å². The first-order valence-electron chi connectivity index (χ1n) is 5.28. The van der Waals surface area contributed by atoms with Crippen LogP contribution in [0.4, 0.5) is 0 Å². The molecule has 1 aromatic rings. The number of nitrogens with two attached hydrogens (primary N) is 1. The largest absolute Gasteiger partial charge is 0.409 e. The molecule has 0 spiro atoms. The smallest absolute Gasteiger partial charge is 0.261 e. The van der Waals surface area contributed by atoms with E-state index < -0.39 is 0 Å². The first-order chi connectivity index (χ1) is 7.95. The van der Waals surface area contributed by atoms with E-state index in [9.17, 15) is 4.79 Å². The summed E-state index contributed by atoms with van der Waals surface area (Å²) in [5, 5.41) is 14.1. The Morgan fingerprint density at radius 3 is 2.76 bits per heavy atom. The van der Waals surface area contributed by atoms with Crippen molar-refractivity contribution in [3.05, 3.63) is 21.4 Å². The van der Waals surface area contributed by atoms with E-state index in [1.807, 2.05) is 19.9 Å². The third kappa shape index (κ3) is 3.45. The predicted octanol–water partition coefficient (Wildman–Crippen LogP) is 1.48. The molecular weight excluding hydrogens is 238 g/mol. The number of aryl methyl sites for hydroxylation is 2. The van der Waals surface area contributed by atoms with Crippen LogP contribution in [-0.4, -0.2) is 23.5 Å². The van der Waals surface area contributed by atoms with E-state index in [-0.39, 0.29) is 17.7 Å². The molecule has 0 aliphatic heterocycles. The Balaban J connectivity index is 2.56. The summed E-state index contributed by atoms with van der Waals surface area (Å²) in [6, 6.07) is 1.86. The number of oxime groups is 1. The van der Waals surface area contributed by atoms with Crippen LogP contribution in [0.15, 0.2) is 11.2 Å². The lowest BCUT2D eigenvalue weighted by Gasteiger charge is -2.09. The highest BCUT2D eigenvalue weighted by Crippen LogP contribution is 2.20. The lowest BCUT2D eigenvalue weighted by Crippen LogP contribution is -2.34. The van der Waals surface area contributed by atoms with Gasteiger partial charge in [0.15, 0.2) is 0 Å². The van der Waals surface area contributed by atoms with Crippen molar-refractivity contribution in [2.45, 2.75) is 20.8 Å². The van der Waals surface area contributed by atoms with Gasteiger partial charge in [-0.25, -0.2) is 0 Å². The molecule has 17 heavy (non-hydrogen) atoms. The SMILES string of the molecule is Cc1cc(C(=O)NCC(C)C(N)=NO)sc1C. The number of carbonyl (C=O) groups is 1. The second-order valence-electron chi connectivity index (χ2n) is 3.99. The highest BCUT2D eigenvalue weighted by atomic mass is 32.1. The third-order valence-electron chi connectivity index (χ3n) is 2.58. The molecular formula is C11H17N3O2S. The molecule has 0 fully saturated rings. The van der Waals surface area contributed by atoms with Gasteiger partial charge in [-0.15, -0.1) is 11.3 Å². The van der Waals surface area contributed by atoms with Crippen LogP contribution in [0.1, 0.15) is 27.0 Å². The Morgan fingerprint density at radius 1 is 1.65 bits per heavy atom. The van der Waals surface area contributed by atoms with Gasteiger partial charge >= 0.3 is 0 Å². The van der Waals surface area contributed by atoms with Crippen molar-refractivity contribution >= 4 is 23.1 Å². The van der Waals surface area contributed by atoms with E-state index >= 15 is 0 Å². The van der Waals surface area contributed by atoms with Crippen molar-refractivity contribution in [1.29, 1.82) is 0 Å². The maximum absolute atomic E-state index is 11.8. The summed E-state index contributed by atoms with van der Waals surface area (Å²) in [6.07, 6.45) is 0. The van der Waals surface area contributed by atoms with Crippen LogP contribution < -0.4 is 11.1 Å². The predicted molar refractivity (Wildman–Crippen MR) is 68.7 cm³/mol. The van der Waals surface area contributed by atoms with Gasteiger partial charge in [0.25, 0.3) is 5.91 Å². The molecule has 4 N–H and O–H groups in total. The second kappa shape index (κ2) is 5.67. The van der Waals surface area contributed by atoms with Crippen LogP contribution in [0, 0.1) is 19.8 Å². The minimum Gasteiger partial charge on any atom is -0.409 e. The zero-order valence-electron chi connectivity index (χ0n) is 10.2. The van der Waals surface area contributed by atoms with Gasteiger partial charge in [-0.05, 0) is 25.5 Å². The minimum absolute atomic E-state index is 0.115. The van der Waals surface area contributed by atoms with Crippen molar-refractivity contribution in [2.24, 2.45) is 16.8 Å². The molecule has 0 aromatic carbocycles. The fraction of sp³-hybridized carbons (Fsp3) is 0.455. The van der Waals surface area contributed by atoms with Crippen LogP contribution in [0.5, 0.6) is 0 Å². The number of nitrogens with zero attached hydrogens (tertiary/aromatic N) is 1. The highest BCUT2D eigenvalue weighted by molar-refractivity contribution is 7.14.